The zero-order valence-corrected chi connectivity index (χ0v) is 12.4. The van der Waals surface area contributed by atoms with Crippen LogP contribution in [0.4, 0.5) is 5.82 Å². The van der Waals surface area contributed by atoms with Gasteiger partial charge in [-0.3, -0.25) is 0 Å². The van der Waals surface area contributed by atoms with Crippen molar-refractivity contribution in [2.24, 2.45) is 0 Å². The molecule has 0 fully saturated rings. The van der Waals surface area contributed by atoms with Crippen molar-refractivity contribution in [1.29, 1.82) is 0 Å². The molecule has 2 aromatic heterocycles. The monoisotopic (exact) mass is 282 g/mol. The fourth-order valence-electron chi connectivity index (χ4n) is 2.48. The number of aryl methyl sites for hydroxylation is 1. The Labute approximate surface area is 123 Å². The van der Waals surface area contributed by atoms with Crippen LogP contribution in [0.15, 0.2) is 36.5 Å². The molecule has 2 heterocycles. The van der Waals surface area contributed by atoms with Crippen molar-refractivity contribution in [2.75, 3.05) is 5.73 Å². The lowest BCUT2D eigenvalue weighted by molar-refractivity contribution is 0.588. The molecule has 6 heteroatoms. The lowest BCUT2D eigenvalue weighted by Gasteiger charge is -2.12. The van der Waals surface area contributed by atoms with Gasteiger partial charge in [-0.2, -0.15) is 5.10 Å². The number of benzene rings is 1. The maximum Gasteiger partial charge on any atom is 0.169 e. The molecule has 21 heavy (non-hydrogen) atoms. The molecule has 0 saturated carbocycles. The maximum atomic E-state index is 6.27. The van der Waals surface area contributed by atoms with Gasteiger partial charge in [0.2, 0.25) is 0 Å². The standard InChI is InChI=1S/C15H18N6/c1-10(2)20-11(3)18-19-15(20)13-9-17-21(14(13)16)12-7-5-4-6-8-12/h4-10H,16H2,1-3H3. The van der Waals surface area contributed by atoms with Crippen LogP contribution >= 0.6 is 0 Å². The van der Waals surface area contributed by atoms with Gasteiger partial charge in [-0.05, 0) is 32.9 Å². The van der Waals surface area contributed by atoms with E-state index in [-0.39, 0.29) is 6.04 Å². The molecule has 0 atom stereocenters. The first-order valence-electron chi connectivity index (χ1n) is 6.90. The molecular formula is C15H18N6. The molecule has 0 saturated heterocycles. The lowest BCUT2D eigenvalue weighted by Crippen LogP contribution is -2.07. The van der Waals surface area contributed by atoms with Crippen LogP contribution in [0, 0.1) is 6.92 Å². The minimum absolute atomic E-state index is 0.259. The number of rotatable bonds is 3. The van der Waals surface area contributed by atoms with Crippen molar-refractivity contribution < 1.29 is 0 Å². The summed E-state index contributed by atoms with van der Waals surface area (Å²) in [5, 5.41) is 12.8. The van der Waals surface area contributed by atoms with Crippen LogP contribution in [-0.4, -0.2) is 24.5 Å². The first-order valence-corrected chi connectivity index (χ1v) is 6.90. The highest BCUT2D eigenvalue weighted by Crippen LogP contribution is 2.28. The highest BCUT2D eigenvalue weighted by Gasteiger charge is 2.19. The largest absolute Gasteiger partial charge is 0.383 e. The molecule has 0 spiro atoms. The number of aromatic nitrogens is 5. The van der Waals surface area contributed by atoms with Crippen molar-refractivity contribution in [2.45, 2.75) is 26.8 Å². The van der Waals surface area contributed by atoms with E-state index in [1.165, 1.54) is 0 Å². The van der Waals surface area contributed by atoms with E-state index in [4.69, 9.17) is 5.73 Å². The lowest BCUT2D eigenvalue weighted by atomic mass is 10.2. The summed E-state index contributed by atoms with van der Waals surface area (Å²) in [6, 6.07) is 10.1. The Bertz CT molecular complexity index is 754. The summed E-state index contributed by atoms with van der Waals surface area (Å²) in [6.45, 7) is 6.13. The molecule has 0 amide bonds. The molecule has 0 radical (unpaired) electrons. The number of nitrogens with two attached hydrogens (primary N) is 1. The minimum atomic E-state index is 0.259. The second kappa shape index (κ2) is 5.05. The highest BCUT2D eigenvalue weighted by atomic mass is 15.3. The molecule has 2 N–H and O–H groups in total. The van der Waals surface area contributed by atoms with Crippen molar-refractivity contribution in [3.8, 4) is 17.1 Å². The third-order valence-corrected chi connectivity index (χ3v) is 3.43. The van der Waals surface area contributed by atoms with E-state index in [0.29, 0.717) is 5.82 Å². The summed E-state index contributed by atoms with van der Waals surface area (Å²) in [7, 11) is 0. The summed E-state index contributed by atoms with van der Waals surface area (Å²) < 4.78 is 3.77. The quantitative estimate of drug-likeness (QED) is 0.801. The van der Waals surface area contributed by atoms with Gasteiger partial charge in [0.25, 0.3) is 0 Å². The summed E-state index contributed by atoms with van der Waals surface area (Å²) >= 11 is 0. The van der Waals surface area contributed by atoms with E-state index in [0.717, 1.165) is 22.9 Å². The molecule has 6 nitrogen and oxygen atoms in total. The highest BCUT2D eigenvalue weighted by molar-refractivity contribution is 5.70. The number of hydrogen-bond donors (Lipinski definition) is 1. The second-order valence-corrected chi connectivity index (χ2v) is 5.23. The number of anilines is 1. The fraction of sp³-hybridized carbons (Fsp3) is 0.267. The third-order valence-electron chi connectivity index (χ3n) is 3.43. The van der Waals surface area contributed by atoms with Gasteiger partial charge in [0.15, 0.2) is 5.82 Å². The Morgan fingerprint density at radius 3 is 2.48 bits per heavy atom. The van der Waals surface area contributed by atoms with Gasteiger partial charge in [0.05, 0.1) is 17.4 Å². The molecule has 0 aliphatic rings. The summed E-state index contributed by atoms with van der Waals surface area (Å²) in [6.07, 6.45) is 1.74. The van der Waals surface area contributed by atoms with Crippen LogP contribution in [0.3, 0.4) is 0 Å². The van der Waals surface area contributed by atoms with Gasteiger partial charge in [-0.25, -0.2) is 4.68 Å². The minimum Gasteiger partial charge on any atom is -0.383 e. The van der Waals surface area contributed by atoms with Crippen LogP contribution in [-0.2, 0) is 0 Å². The molecule has 3 aromatic rings. The van der Waals surface area contributed by atoms with Crippen LogP contribution in [0.5, 0.6) is 0 Å². The van der Waals surface area contributed by atoms with Crippen LogP contribution in [0.25, 0.3) is 17.1 Å². The number of nitrogen functional groups attached to an aromatic ring is 1. The Balaban J connectivity index is 2.12. The second-order valence-electron chi connectivity index (χ2n) is 5.23. The van der Waals surface area contributed by atoms with Gasteiger partial charge in [-0.1, -0.05) is 18.2 Å². The molecule has 3 rings (SSSR count). The summed E-state index contributed by atoms with van der Waals surface area (Å²) in [5.41, 5.74) is 7.99. The van der Waals surface area contributed by atoms with Crippen molar-refractivity contribution in [1.82, 2.24) is 24.5 Å². The molecule has 108 valence electrons. The van der Waals surface area contributed by atoms with E-state index in [2.05, 4.69) is 33.7 Å². The third kappa shape index (κ3) is 2.18. The number of hydrogen-bond acceptors (Lipinski definition) is 4. The Kier molecular flexibility index (Phi) is 3.21. The predicted octanol–water partition coefficient (Wildman–Crippen LogP) is 2.60. The van der Waals surface area contributed by atoms with Gasteiger partial charge in [-0.15, -0.1) is 10.2 Å². The molecule has 0 bridgehead atoms. The predicted molar refractivity (Wildman–Crippen MR) is 82.1 cm³/mol. The zero-order chi connectivity index (χ0) is 15.0. The Morgan fingerprint density at radius 1 is 1.10 bits per heavy atom. The van der Waals surface area contributed by atoms with E-state index >= 15 is 0 Å². The van der Waals surface area contributed by atoms with Gasteiger partial charge < -0.3 is 10.3 Å². The number of nitrogens with zero attached hydrogens (tertiary/aromatic N) is 5. The van der Waals surface area contributed by atoms with Crippen molar-refractivity contribution >= 4 is 5.82 Å². The number of para-hydroxylation sites is 1. The topological polar surface area (TPSA) is 74.6 Å². The average Bonchev–Trinajstić information content (AvgIpc) is 3.03. The molecule has 0 aliphatic heterocycles. The smallest absolute Gasteiger partial charge is 0.169 e. The van der Waals surface area contributed by atoms with Crippen molar-refractivity contribution in [3.63, 3.8) is 0 Å². The van der Waals surface area contributed by atoms with E-state index < -0.39 is 0 Å². The van der Waals surface area contributed by atoms with Crippen LogP contribution in [0.2, 0.25) is 0 Å². The summed E-state index contributed by atoms with van der Waals surface area (Å²) in [5.74, 6) is 2.18. The zero-order valence-electron chi connectivity index (χ0n) is 12.4. The van der Waals surface area contributed by atoms with Gasteiger partial charge >= 0.3 is 0 Å². The average molecular weight is 282 g/mol. The Morgan fingerprint density at radius 2 is 1.81 bits per heavy atom. The molecule has 0 aliphatic carbocycles. The van der Waals surface area contributed by atoms with E-state index in [9.17, 15) is 0 Å². The fourth-order valence-corrected chi connectivity index (χ4v) is 2.48. The first-order chi connectivity index (χ1) is 10.1. The van der Waals surface area contributed by atoms with Crippen LogP contribution in [0.1, 0.15) is 25.7 Å². The Hall–Kier alpha value is -2.63. The first kappa shape index (κ1) is 13.4. The van der Waals surface area contributed by atoms with Gasteiger partial charge in [0.1, 0.15) is 11.6 Å². The SMILES string of the molecule is Cc1nnc(-c2cnn(-c3ccccc3)c2N)n1C(C)C. The van der Waals surface area contributed by atoms with E-state index in [1.807, 2.05) is 37.3 Å². The normalized spacial score (nSPS) is 11.2. The van der Waals surface area contributed by atoms with Crippen LogP contribution < -0.4 is 5.73 Å². The summed E-state index contributed by atoms with van der Waals surface area (Å²) in [4.78, 5) is 0. The van der Waals surface area contributed by atoms with Gasteiger partial charge in [0, 0.05) is 6.04 Å². The van der Waals surface area contributed by atoms with E-state index in [1.54, 1.807) is 10.9 Å². The van der Waals surface area contributed by atoms with Crippen molar-refractivity contribution in [3.05, 3.63) is 42.4 Å². The molecular weight excluding hydrogens is 264 g/mol. The maximum absolute atomic E-state index is 6.27. The molecule has 0 unspecified atom stereocenters. The molecule has 1 aromatic carbocycles.